The van der Waals surface area contributed by atoms with Gasteiger partial charge in [-0.25, -0.2) is 0 Å². The van der Waals surface area contributed by atoms with Gasteiger partial charge in [-0.1, -0.05) is 35.9 Å². The molecule has 13 heavy (non-hydrogen) atoms. The average Bonchev–Trinajstić information content (AvgIpc) is 2.12. The second-order valence-corrected chi connectivity index (χ2v) is 3.90. The van der Waals surface area contributed by atoms with Crippen LogP contribution in [0, 0.1) is 13.8 Å². The Balaban J connectivity index is 2.87. The Morgan fingerprint density at radius 2 is 1.77 bits per heavy atom. The third-order valence-corrected chi connectivity index (χ3v) is 2.94. The fourth-order valence-corrected chi connectivity index (χ4v) is 1.82. The molecule has 2 aromatic rings. The molecule has 0 aromatic heterocycles. The first-order valence-electron chi connectivity index (χ1n) is 4.37. The summed E-state index contributed by atoms with van der Waals surface area (Å²) in [4.78, 5) is 1.09. The van der Waals surface area contributed by atoms with Crippen molar-refractivity contribution in [3.05, 3.63) is 41.5 Å². The minimum Gasteiger partial charge on any atom is -0.143 e. The van der Waals surface area contributed by atoms with Gasteiger partial charge in [-0.15, -0.1) is 12.6 Å². The lowest BCUT2D eigenvalue weighted by Gasteiger charge is -2.05. The van der Waals surface area contributed by atoms with Crippen LogP contribution in [0.15, 0.2) is 35.2 Å². The number of rotatable bonds is 0. The predicted molar refractivity (Wildman–Crippen MR) is 60.7 cm³/mol. The molecule has 0 amide bonds. The summed E-state index contributed by atoms with van der Waals surface area (Å²) in [5.74, 6) is 0. The first-order valence-corrected chi connectivity index (χ1v) is 4.82. The molecular formula is C12H12S. The third-order valence-electron chi connectivity index (χ3n) is 2.35. The number of thiol groups is 1. The fourth-order valence-electron chi connectivity index (χ4n) is 1.54. The van der Waals surface area contributed by atoms with Crippen LogP contribution in [0.1, 0.15) is 11.1 Å². The molecular weight excluding hydrogens is 176 g/mol. The lowest BCUT2D eigenvalue weighted by atomic mass is 10.1. The van der Waals surface area contributed by atoms with Gasteiger partial charge in [0.2, 0.25) is 0 Å². The van der Waals surface area contributed by atoms with Gasteiger partial charge in [-0.3, -0.25) is 0 Å². The summed E-state index contributed by atoms with van der Waals surface area (Å²) in [6.45, 7) is 4.19. The van der Waals surface area contributed by atoms with Gasteiger partial charge < -0.3 is 0 Å². The smallest absolute Gasteiger partial charge is 0.0148 e. The van der Waals surface area contributed by atoms with Gasteiger partial charge in [0.25, 0.3) is 0 Å². The largest absolute Gasteiger partial charge is 0.143 e. The first-order chi connectivity index (χ1) is 6.18. The summed E-state index contributed by atoms with van der Waals surface area (Å²) in [5.41, 5.74) is 2.53. The zero-order valence-corrected chi connectivity index (χ0v) is 8.73. The van der Waals surface area contributed by atoms with Crippen LogP contribution in [-0.4, -0.2) is 0 Å². The molecule has 0 heterocycles. The SMILES string of the molecule is Cc1ccc2c(S)c(C)ccc2c1. The van der Waals surface area contributed by atoms with E-state index in [0.29, 0.717) is 0 Å². The van der Waals surface area contributed by atoms with Crippen molar-refractivity contribution in [1.29, 1.82) is 0 Å². The number of hydrogen-bond donors (Lipinski definition) is 1. The molecule has 0 aliphatic rings. The number of benzene rings is 2. The monoisotopic (exact) mass is 188 g/mol. The summed E-state index contributed by atoms with van der Waals surface area (Å²) < 4.78 is 0. The zero-order chi connectivity index (χ0) is 9.42. The lowest BCUT2D eigenvalue weighted by molar-refractivity contribution is 1.35. The second-order valence-electron chi connectivity index (χ2n) is 3.46. The Labute approximate surface area is 84.0 Å². The van der Waals surface area contributed by atoms with Gasteiger partial charge in [0.05, 0.1) is 0 Å². The Hall–Kier alpha value is -0.950. The maximum Gasteiger partial charge on any atom is 0.0148 e. The highest BCUT2D eigenvalue weighted by atomic mass is 32.1. The van der Waals surface area contributed by atoms with Crippen molar-refractivity contribution in [2.24, 2.45) is 0 Å². The molecule has 66 valence electrons. The van der Waals surface area contributed by atoms with E-state index in [9.17, 15) is 0 Å². The number of fused-ring (bicyclic) bond motifs is 1. The van der Waals surface area contributed by atoms with Crippen molar-refractivity contribution in [3.63, 3.8) is 0 Å². The fraction of sp³-hybridized carbons (Fsp3) is 0.167. The van der Waals surface area contributed by atoms with Gasteiger partial charge >= 0.3 is 0 Å². The summed E-state index contributed by atoms with van der Waals surface area (Å²) >= 11 is 4.50. The van der Waals surface area contributed by atoms with Gasteiger partial charge in [0.15, 0.2) is 0 Å². The van der Waals surface area contributed by atoms with Crippen molar-refractivity contribution in [3.8, 4) is 0 Å². The molecule has 0 unspecified atom stereocenters. The molecule has 0 bridgehead atoms. The van der Waals surface area contributed by atoms with E-state index in [4.69, 9.17) is 0 Å². The van der Waals surface area contributed by atoms with Crippen LogP contribution in [-0.2, 0) is 0 Å². The van der Waals surface area contributed by atoms with Crippen molar-refractivity contribution in [2.45, 2.75) is 18.7 Å². The molecule has 1 heteroatoms. The van der Waals surface area contributed by atoms with Crippen LogP contribution in [0.4, 0.5) is 0 Å². The Morgan fingerprint density at radius 3 is 2.54 bits per heavy atom. The highest BCUT2D eigenvalue weighted by Gasteiger charge is 1.99. The van der Waals surface area contributed by atoms with Crippen molar-refractivity contribution < 1.29 is 0 Å². The Kier molecular flexibility index (Phi) is 2.04. The highest BCUT2D eigenvalue weighted by molar-refractivity contribution is 7.80. The van der Waals surface area contributed by atoms with Gasteiger partial charge in [0.1, 0.15) is 0 Å². The minimum atomic E-state index is 1.09. The Morgan fingerprint density at radius 1 is 1.00 bits per heavy atom. The zero-order valence-electron chi connectivity index (χ0n) is 7.83. The summed E-state index contributed by atoms with van der Waals surface area (Å²) in [5, 5.41) is 2.52. The van der Waals surface area contributed by atoms with Gasteiger partial charge in [-0.05, 0) is 30.2 Å². The van der Waals surface area contributed by atoms with Crippen LogP contribution in [0.5, 0.6) is 0 Å². The molecule has 0 aliphatic heterocycles. The molecule has 0 fully saturated rings. The maximum absolute atomic E-state index is 4.50. The molecule has 0 nitrogen and oxygen atoms in total. The molecule has 2 aromatic carbocycles. The summed E-state index contributed by atoms with van der Waals surface area (Å²) in [6, 6.07) is 10.7. The van der Waals surface area contributed by atoms with E-state index < -0.39 is 0 Å². The Bertz CT molecular complexity index is 458. The van der Waals surface area contributed by atoms with E-state index in [-0.39, 0.29) is 0 Å². The molecule has 2 rings (SSSR count). The third kappa shape index (κ3) is 1.44. The van der Waals surface area contributed by atoms with E-state index in [1.54, 1.807) is 0 Å². The second kappa shape index (κ2) is 3.08. The van der Waals surface area contributed by atoms with Crippen molar-refractivity contribution in [1.82, 2.24) is 0 Å². The molecule has 0 radical (unpaired) electrons. The first kappa shape index (κ1) is 8.64. The lowest BCUT2D eigenvalue weighted by Crippen LogP contribution is -1.81. The molecule has 0 atom stereocenters. The van der Waals surface area contributed by atoms with Crippen LogP contribution in [0.3, 0.4) is 0 Å². The minimum absolute atomic E-state index is 1.09. The topological polar surface area (TPSA) is 0 Å². The van der Waals surface area contributed by atoms with Crippen LogP contribution in [0.25, 0.3) is 10.8 Å². The predicted octanol–water partition coefficient (Wildman–Crippen LogP) is 3.75. The van der Waals surface area contributed by atoms with E-state index in [0.717, 1.165) is 4.90 Å². The van der Waals surface area contributed by atoms with E-state index in [2.05, 4.69) is 56.8 Å². The highest BCUT2D eigenvalue weighted by Crippen LogP contribution is 2.25. The van der Waals surface area contributed by atoms with Crippen LogP contribution < -0.4 is 0 Å². The maximum atomic E-state index is 4.50. The molecule has 0 N–H and O–H groups in total. The van der Waals surface area contributed by atoms with E-state index >= 15 is 0 Å². The quantitative estimate of drug-likeness (QED) is 0.598. The number of aryl methyl sites for hydroxylation is 2. The molecule has 0 spiro atoms. The summed E-state index contributed by atoms with van der Waals surface area (Å²) in [6.07, 6.45) is 0. The normalized spacial score (nSPS) is 10.7. The average molecular weight is 188 g/mol. The summed E-state index contributed by atoms with van der Waals surface area (Å²) in [7, 11) is 0. The standard InChI is InChI=1S/C12H12S/c1-8-3-6-11-10(7-8)5-4-9(2)12(11)13/h3-7,13H,1-2H3. The van der Waals surface area contributed by atoms with E-state index in [1.165, 1.54) is 21.9 Å². The van der Waals surface area contributed by atoms with Crippen molar-refractivity contribution >= 4 is 23.4 Å². The molecule has 0 saturated carbocycles. The molecule has 0 aliphatic carbocycles. The number of hydrogen-bond acceptors (Lipinski definition) is 1. The van der Waals surface area contributed by atoms with E-state index in [1.807, 2.05) is 0 Å². The van der Waals surface area contributed by atoms with Crippen LogP contribution >= 0.6 is 12.6 Å². The van der Waals surface area contributed by atoms with Crippen molar-refractivity contribution in [2.75, 3.05) is 0 Å². The van der Waals surface area contributed by atoms with Crippen LogP contribution in [0.2, 0.25) is 0 Å². The van der Waals surface area contributed by atoms with Gasteiger partial charge in [-0.2, -0.15) is 0 Å². The molecule has 0 saturated heterocycles. The van der Waals surface area contributed by atoms with Gasteiger partial charge in [0, 0.05) is 4.90 Å².